The molecule has 1 aromatic rings. The molecule has 0 aliphatic rings. The summed E-state index contributed by atoms with van der Waals surface area (Å²) in [6.45, 7) is 0. The molecule has 1 aromatic carbocycles. The number of rotatable bonds is 6. The van der Waals surface area contributed by atoms with Crippen LogP contribution in [0, 0.1) is 14.9 Å². The van der Waals surface area contributed by atoms with Crippen molar-refractivity contribution < 1.29 is 4.79 Å². The average Bonchev–Trinajstić information content (AvgIpc) is 2.29. The summed E-state index contributed by atoms with van der Waals surface area (Å²) in [4.78, 5) is 11.7. The van der Waals surface area contributed by atoms with E-state index in [0.29, 0.717) is 12.8 Å². The summed E-state index contributed by atoms with van der Waals surface area (Å²) in [7, 11) is 0. The van der Waals surface area contributed by atoms with Crippen molar-refractivity contribution in [3.63, 3.8) is 0 Å². The average molecular weight is 327 g/mol. The van der Waals surface area contributed by atoms with Gasteiger partial charge in [0.2, 0.25) is 0 Å². The van der Waals surface area contributed by atoms with Gasteiger partial charge in [-0.15, -0.1) is 0 Å². The van der Waals surface area contributed by atoms with Crippen molar-refractivity contribution >= 4 is 28.4 Å². The topological polar surface area (TPSA) is 40.9 Å². The summed E-state index contributed by atoms with van der Waals surface area (Å²) in [5.74, 6) is 0.202. The molecule has 0 aliphatic carbocycles. The molecule has 0 aromatic heterocycles. The van der Waals surface area contributed by atoms with E-state index in [1.165, 1.54) is 0 Å². The zero-order chi connectivity index (χ0) is 11.8. The Bertz CT molecular complexity index is 378. The van der Waals surface area contributed by atoms with Gasteiger partial charge >= 0.3 is 0 Å². The van der Waals surface area contributed by atoms with Crippen LogP contribution in [-0.2, 0) is 0 Å². The number of carbonyl (C=O) groups excluding carboxylic acids is 1. The molecule has 0 unspecified atom stereocenters. The van der Waals surface area contributed by atoms with Crippen LogP contribution < -0.4 is 0 Å². The first kappa shape index (κ1) is 13.2. The van der Waals surface area contributed by atoms with E-state index < -0.39 is 0 Å². The lowest BCUT2D eigenvalue weighted by molar-refractivity contribution is 0.0979. The number of Topliss-reactive ketones (excluding diaryl/α,β-unsaturated/α-hetero) is 1. The zero-order valence-corrected chi connectivity index (χ0v) is 11.2. The van der Waals surface area contributed by atoms with Gasteiger partial charge in [0.05, 0.1) is 6.07 Å². The van der Waals surface area contributed by atoms with Crippen LogP contribution in [0.3, 0.4) is 0 Å². The Balaban J connectivity index is 2.30. The number of unbranched alkanes of at least 4 members (excludes halogenated alkanes) is 3. The maximum Gasteiger partial charge on any atom is 0.162 e. The Morgan fingerprint density at radius 3 is 2.50 bits per heavy atom. The van der Waals surface area contributed by atoms with E-state index >= 15 is 0 Å². The van der Waals surface area contributed by atoms with E-state index in [1.54, 1.807) is 0 Å². The lowest BCUT2D eigenvalue weighted by atomic mass is 10.0. The summed E-state index contributed by atoms with van der Waals surface area (Å²) in [6.07, 6.45) is 3.93. The second-order valence-corrected chi connectivity index (χ2v) is 4.89. The fourth-order valence-corrected chi connectivity index (χ4v) is 1.81. The van der Waals surface area contributed by atoms with Gasteiger partial charge in [0.25, 0.3) is 0 Å². The van der Waals surface area contributed by atoms with Crippen molar-refractivity contribution in [1.29, 1.82) is 5.26 Å². The predicted octanol–water partition coefficient (Wildman–Crippen LogP) is 3.95. The van der Waals surface area contributed by atoms with Crippen molar-refractivity contribution in [2.24, 2.45) is 0 Å². The first-order valence-corrected chi connectivity index (χ1v) is 6.47. The fraction of sp³-hybridized carbons (Fsp3) is 0.385. The number of benzene rings is 1. The molecular formula is C13H14INO. The van der Waals surface area contributed by atoms with Gasteiger partial charge in [0.15, 0.2) is 5.78 Å². The maximum absolute atomic E-state index is 11.7. The molecular weight excluding hydrogens is 313 g/mol. The number of hydrogen-bond donors (Lipinski definition) is 0. The van der Waals surface area contributed by atoms with Gasteiger partial charge in [-0.1, -0.05) is 18.6 Å². The van der Waals surface area contributed by atoms with Crippen LogP contribution in [-0.4, -0.2) is 5.78 Å². The Morgan fingerprint density at radius 2 is 1.88 bits per heavy atom. The Kier molecular flexibility index (Phi) is 6.09. The SMILES string of the molecule is N#CCCCCCC(=O)c1ccc(I)cc1. The lowest BCUT2D eigenvalue weighted by Gasteiger charge is -2.00. The van der Waals surface area contributed by atoms with E-state index in [0.717, 1.165) is 28.4 Å². The molecule has 1 rings (SSSR count). The number of carbonyl (C=O) groups is 1. The zero-order valence-electron chi connectivity index (χ0n) is 9.08. The largest absolute Gasteiger partial charge is 0.294 e. The number of ketones is 1. The van der Waals surface area contributed by atoms with Crippen molar-refractivity contribution in [3.05, 3.63) is 33.4 Å². The number of hydrogen-bond acceptors (Lipinski definition) is 2. The van der Waals surface area contributed by atoms with Gasteiger partial charge < -0.3 is 0 Å². The fourth-order valence-electron chi connectivity index (χ4n) is 1.45. The highest BCUT2D eigenvalue weighted by Gasteiger charge is 2.04. The lowest BCUT2D eigenvalue weighted by Crippen LogP contribution is -1.98. The van der Waals surface area contributed by atoms with Gasteiger partial charge in [-0.25, -0.2) is 0 Å². The van der Waals surface area contributed by atoms with Gasteiger partial charge in [-0.2, -0.15) is 5.26 Å². The first-order chi connectivity index (χ1) is 7.74. The predicted molar refractivity (Wildman–Crippen MR) is 72.2 cm³/mol. The monoisotopic (exact) mass is 327 g/mol. The summed E-state index contributed by atoms with van der Waals surface area (Å²) < 4.78 is 1.14. The maximum atomic E-state index is 11.7. The van der Waals surface area contributed by atoms with E-state index in [2.05, 4.69) is 28.7 Å². The van der Waals surface area contributed by atoms with E-state index in [9.17, 15) is 4.79 Å². The Hall–Kier alpha value is -0.890. The molecule has 0 N–H and O–H groups in total. The molecule has 3 heteroatoms. The van der Waals surface area contributed by atoms with Gasteiger partial charge in [-0.05, 0) is 47.6 Å². The minimum Gasteiger partial charge on any atom is -0.294 e. The second-order valence-electron chi connectivity index (χ2n) is 3.65. The van der Waals surface area contributed by atoms with E-state index in [1.807, 2.05) is 24.3 Å². The van der Waals surface area contributed by atoms with Crippen molar-refractivity contribution in [2.75, 3.05) is 0 Å². The molecule has 0 atom stereocenters. The van der Waals surface area contributed by atoms with E-state index in [4.69, 9.17) is 5.26 Å². The van der Waals surface area contributed by atoms with Crippen LogP contribution in [0.4, 0.5) is 0 Å². The van der Waals surface area contributed by atoms with Crippen LogP contribution >= 0.6 is 22.6 Å². The standard InChI is InChI=1S/C13H14INO/c14-12-8-6-11(7-9-12)13(16)5-3-1-2-4-10-15/h6-9H,1-5H2. The molecule has 0 heterocycles. The summed E-state index contributed by atoms with van der Waals surface area (Å²) >= 11 is 2.22. The quantitative estimate of drug-likeness (QED) is 0.451. The number of halogens is 1. The third kappa shape index (κ3) is 4.75. The Labute approximate surface area is 110 Å². The third-order valence-electron chi connectivity index (χ3n) is 2.36. The highest BCUT2D eigenvalue weighted by Crippen LogP contribution is 2.11. The molecule has 16 heavy (non-hydrogen) atoms. The van der Waals surface area contributed by atoms with Crippen molar-refractivity contribution in [1.82, 2.24) is 0 Å². The number of nitrogens with zero attached hydrogens (tertiary/aromatic N) is 1. The smallest absolute Gasteiger partial charge is 0.162 e. The second kappa shape index (κ2) is 7.39. The van der Waals surface area contributed by atoms with Crippen LogP contribution in [0.5, 0.6) is 0 Å². The first-order valence-electron chi connectivity index (χ1n) is 5.40. The van der Waals surface area contributed by atoms with Gasteiger partial charge in [0, 0.05) is 22.0 Å². The molecule has 0 spiro atoms. The molecule has 0 radical (unpaired) electrons. The molecule has 0 bridgehead atoms. The van der Waals surface area contributed by atoms with Gasteiger partial charge in [-0.3, -0.25) is 4.79 Å². The van der Waals surface area contributed by atoms with Crippen LogP contribution in [0.15, 0.2) is 24.3 Å². The molecule has 0 amide bonds. The summed E-state index contributed by atoms with van der Waals surface area (Å²) in [5, 5.41) is 8.36. The molecule has 0 saturated heterocycles. The van der Waals surface area contributed by atoms with Crippen LogP contribution in [0.2, 0.25) is 0 Å². The van der Waals surface area contributed by atoms with Gasteiger partial charge in [0.1, 0.15) is 0 Å². The normalized spacial score (nSPS) is 9.75. The van der Waals surface area contributed by atoms with Crippen LogP contribution in [0.1, 0.15) is 42.5 Å². The van der Waals surface area contributed by atoms with Crippen LogP contribution in [0.25, 0.3) is 0 Å². The summed E-state index contributed by atoms with van der Waals surface area (Å²) in [6, 6.07) is 9.75. The highest BCUT2D eigenvalue weighted by molar-refractivity contribution is 14.1. The van der Waals surface area contributed by atoms with Crippen molar-refractivity contribution in [3.8, 4) is 6.07 Å². The summed E-state index contributed by atoms with van der Waals surface area (Å²) in [5.41, 5.74) is 0.792. The molecule has 84 valence electrons. The third-order valence-corrected chi connectivity index (χ3v) is 3.08. The minimum atomic E-state index is 0.202. The molecule has 0 saturated carbocycles. The highest BCUT2D eigenvalue weighted by atomic mass is 127. The van der Waals surface area contributed by atoms with Crippen molar-refractivity contribution in [2.45, 2.75) is 32.1 Å². The minimum absolute atomic E-state index is 0.202. The molecule has 0 fully saturated rings. The molecule has 0 aliphatic heterocycles. The molecule has 2 nitrogen and oxygen atoms in total. The number of nitriles is 1. The Morgan fingerprint density at radius 1 is 1.19 bits per heavy atom. The van der Waals surface area contributed by atoms with E-state index in [-0.39, 0.29) is 5.78 Å².